The standard InChI is InChI=1S/C27H31N5O4S/c1-5-13-32-24(19(4)28-25(34)20-10-7-9-18(3)15-20)30-31-27(32)37-17-23(33)29-22-12-8-11-21(16-22)26(35)36-14-6-2/h5,7-12,15-16,19H,1,6,13-14,17H2,2-4H3,(H,28,34)(H,29,33)/t19-/m1/s1. The van der Waals surface area contributed by atoms with Crippen LogP contribution in [0.3, 0.4) is 0 Å². The van der Waals surface area contributed by atoms with Gasteiger partial charge in [-0.3, -0.25) is 9.59 Å². The third kappa shape index (κ3) is 7.78. The van der Waals surface area contributed by atoms with Crippen molar-refractivity contribution >= 4 is 35.2 Å². The van der Waals surface area contributed by atoms with Gasteiger partial charge in [-0.1, -0.05) is 48.5 Å². The molecular weight excluding hydrogens is 490 g/mol. The number of amides is 2. The van der Waals surface area contributed by atoms with E-state index < -0.39 is 12.0 Å². The Morgan fingerprint density at radius 3 is 2.62 bits per heavy atom. The molecule has 0 aliphatic rings. The maximum Gasteiger partial charge on any atom is 0.338 e. The maximum atomic E-state index is 12.7. The Kier molecular flexibility index (Phi) is 10.0. The number of aryl methyl sites for hydroxylation is 1. The molecule has 0 fully saturated rings. The first kappa shape index (κ1) is 27.7. The zero-order valence-corrected chi connectivity index (χ0v) is 22.0. The molecule has 2 aromatic carbocycles. The summed E-state index contributed by atoms with van der Waals surface area (Å²) in [5, 5.41) is 14.8. The number of ether oxygens (including phenoxy) is 1. The molecule has 1 aromatic heterocycles. The SMILES string of the molecule is C=CCn1c(SCC(=O)Nc2cccc(C(=O)OCCC)c2)nnc1[C@@H](C)NC(=O)c1cccc(C)c1. The molecule has 0 unspecified atom stereocenters. The number of esters is 1. The quantitative estimate of drug-likeness (QED) is 0.204. The minimum atomic E-state index is -0.430. The Bertz CT molecular complexity index is 1270. The van der Waals surface area contributed by atoms with Crippen LogP contribution in [-0.2, 0) is 16.1 Å². The van der Waals surface area contributed by atoms with Gasteiger partial charge in [0.25, 0.3) is 5.91 Å². The second kappa shape index (κ2) is 13.4. The first-order valence-corrected chi connectivity index (χ1v) is 12.9. The van der Waals surface area contributed by atoms with Crippen molar-refractivity contribution in [2.75, 3.05) is 17.7 Å². The first-order valence-electron chi connectivity index (χ1n) is 11.9. The summed E-state index contributed by atoms with van der Waals surface area (Å²) in [5.41, 5.74) is 2.43. The molecule has 0 radical (unpaired) electrons. The first-order chi connectivity index (χ1) is 17.8. The number of aromatic nitrogens is 3. The highest BCUT2D eigenvalue weighted by Gasteiger charge is 2.20. The van der Waals surface area contributed by atoms with E-state index in [9.17, 15) is 14.4 Å². The summed E-state index contributed by atoms with van der Waals surface area (Å²) >= 11 is 1.22. The summed E-state index contributed by atoms with van der Waals surface area (Å²) in [7, 11) is 0. The molecule has 0 bridgehead atoms. The molecule has 0 aliphatic carbocycles. The third-order valence-electron chi connectivity index (χ3n) is 5.22. The molecule has 3 aromatic rings. The highest BCUT2D eigenvalue weighted by molar-refractivity contribution is 7.99. The van der Waals surface area contributed by atoms with Crippen LogP contribution in [0.2, 0.25) is 0 Å². The number of allylic oxidation sites excluding steroid dienone is 1. The number of carbonyl (C=O) groups is 3. The van der Waals surface area contributed by atoms with E-state index in [-0.39, 0.29) is 17.6 Å². The molecule has 10 heteroatoms. The van der Waals surface area contributed by atoms with E-state index >= 15 is 0 Å². The molecule has 0 saturated carbocycles. The van der Waals surface area contributed by atoms with Gasteiger partial charge < -0.3 is 19.9 Å². The van der Waals surface area contributed by atoms with Crippen LogP contribution < -0.4 is 10.6 Å². The van der Waals surface area contributed by atoms with Gasteiger partial charge >= 0.3 is 5.97 Å². The number of hydrogen-bond donors (Lipinski definition) is 2. The highest BCUT2D eigenvalue weighted by atomic mass is 32.2. The van der Waals surface area contributed by atoms with Gasteiger partial charge in [0.2, 0.25) is 5.91 Å². The van der Waals surface area contributed by atoms with Crippen LogP contribution in [0.25, 0.3) is 0 Å². The van der Waals surface area contributed by atoms with Gasteiger partial charge in [0.1, 0.15) is 0 Å². The van der Waals surface area contributed by atoms with Crippen molar-refractivity contribution < 1.29 is 19.1 Å². The molecular formula is C27H31N5O4S. The maximum absolute atomic E-state index is 12.7. The highest BCUT2D eigenvalue weighted by Crippen LogP contribution is 2.22. The Morgan fingerprint density at radius 1 is 1.14 bits per heavy atom. The zero-order chi connectivity index (χ0) is 26.8. The van der Waals surface area contributed by atoms with Crippen LogP contribution in [0.5, 0.6) is 0 Å². The van der Waals surface area contributed by atoms with E-state index in [0.29, 0.717) is 40.9 Å². The van der Waals surface area contributed by atoms with E-state index in [1.165, 1.54) is 11.8 Å². The predicted octanol–water partition coefficient (Wildman–Crippen LogP) is 4.56. The Labute approximate surface area is 220 Å². The van der Waals surface area contributed by atoms with Gasteiger partial charge in [0.15, 0.2) is 11.0 Å². The van der Waals surface area contributed by atoms with Crippen molar-refractivity contribution in [1.29, 1.82) is 0 Å². The number of benzene rings is 2. The van der Waals surface area contributed by atoms with Crippen LogP contribution in [0.4, 0.5) is 5.69 Å². The van der Waals surface area contributed by atoms with Crippen molar-refractivity contribution in [2.45, 2.75) is 44.9 Å². The van der Waals surface area contributed by atoms with Gasteiger partial charge in [-0.05, 0) is 50.6 Å². The molecule has 37 heavy (non-hydrogen) atoms. The van der Waals surface area contributed by atoms with E-state index in [4.69, 9.17) is 4.74 Å². The summed E-state index contributed by atoms with van der Waals surface area (Å²) < 4.78 is 6.96. The van der Waals surface area contributed by atoms with Gasteiger partial charge in [-0.2, -0.15) is 0 Å². The van der Waals surface area contributed by atoms with E-state index in [1.807, 2.05) is 43.5 Å². The minimum Gasteiger partial charge on any atom is -0.462 e. The van der Waals surface area contributed by atoms with E-state index in [0.717, 1.165) is 12.0 Å². The lowest BCUT2D eigenvalue weighted by atomic mass is 10.1. The monoisotopic (exact) mass is 521 g/mol. The summed E-state index contributed by atoms with van der Waals surface area (Å²) in [4.78, 5) is 37.4. The Hall–Kier alpha value is -3.92. The predicted molar refractivity (Wildman–Crippen MR) is 144 cm³/mol. The van der Waals surface area contributed by atoms with E-state index in [2.05, 4.69) is 27.4 Å². The molecule has 9 nitrogen and oxygen atoms in total. The van der Waals surface area contributed by atoms with Gasteiger partial charge in [0.05, 0.1) is 24.0 Å². The number of hydrogen-bond acceptors (Lipinski definition) is 7. The van der Waals surface area contributed by atoms with Crippen molar-refractivity contribution in [3.05, 3.63) is 83.7 Å². The van der Waals surface area contributed by atoms with Crippen LogP contribution in [0.1, 0.15) is 58.4 Å². The molecule has 1 atom stereocenters. The van der Waals surface area contributed by atoms with Crippen LogP contribution in [-0.4, -0.2) is 44.9 Å². The number of nitrogens with zero attached hydrogens (tertiary/aromatic N) is 3. The second-order valence-corrected chi connectivity index (χ2v) is 9.30. The summed E-state index contributed by atoms with van der Waals surface area (Å²) in [6.45, 7) is 10.2. The average Bonchev–Trinajstić information content (AvgIpc) is 3.29. The molecule has 3 rings (SSSR count). The summed E-state index contributed by atoms with van der Waals surface area (Å²) in [6, 6.07) is 13.5. The average molecular weight is 522 g/mol. The van der Waals surface area contributed by atoms with Crippen LogP contribution in [0.15, 0.2) is 66.3 Å². The largest absolute Gasteiger partial charge is 0.462 e. The smallest absolute Gasteiger partial charge is 0.338 e. The Morgan fingerprint density at radius 2 is 1.89 bits per heavy atom. The topological polar surface area (TPSA) is 115 Å². The van der Waals surface area contributed by atoms with Gasteiger partial charge in [-0.25, -0.2) is 4.79 Å². The second-order valence-electron chi connectivity index (χ2n) is 8.36. The third-order valence-corrected chi connectivity index (χ3v) is 6.19. The van der Waals surface area contributed by atoms with Crippen LogP contribution >= 0.6 is 11.8 Å². The lowest BCUT2D eigenvalue weighted by Crippen LogP contribution is -2.29. The molecule has 2 amide bonds. The van der Waals surface area contributed by atoms with Crippen molar-refractivity contribution in [2.24, 2.45) is 0 Å². The number of rotatable bonds is 12. The molecule has 194 valence electrons. The summed E-state index contributed by atoms with van der Waals surface area (Å²) in [6.07, 6.45) is 2.44. The molecule has 2 N–H and O–H groups in total. The van der Waals surface area contributed by atoms with Crippen molar-refractivity contribution in [3.8, 4) is 0 Å². The fourth-order valence-electron chi connectivity index (χ4n) is 3.49. The number of thioether (sulfide) groups is 1. The molecule has 0 spiro atoms. The van der Waals surface area contributed by atoms with Crippen molar-refractivity contribution in [3.63, 3.8) is 0 Å². The fourth-order valence-corrected chi connectivity index (χ4v) is 4.24. The van der Waals surface area contributed by atoms with Gasteiger partial charge in [0, 0.05) is 17.8 Å². The lowest BCUT2D eigenvalue weighted by molar-refractivity contribution is -0.113. The van der Waals surface area contributed by atoms with Crippen molar-refractivity contribution in [1.82, 2.24) is 20.1 Å². The van der Waals surface area contributed by atoms with Gasteiger partial charge in [-0.15, -0.1) is 16.8 Å². The zero-order valence-electron chi connectivity index (χ0n) is 21.2. The summed E-state index contributed by atoms with van der Waals surface area (Å²) in [5.74, 6) is -0.273. The minimum absolute atomic E-state index is 0.0732. The number of nitrogens with one attached hydrogen (secondary N) is 2. The normalized spacial score (nSPS) is 11.4. The lowest BCUT2D eigenvalue weighted by Gasteiger charge is -2.15. The number of carbonyl (C=O) groups excluding carboxylic acids is 3. The van der Waals surface area contributed by atoms with Crippen LogP contribution in [0, 0.1) is 6.92 Å². The van der Waals surface area contributed by atoms with E-state index in [1.54, 1.807) is 36.4 Å². The Balaban J connectivity index is 1.63. The molecule has 1 heterocycles. The molecule has 0 saturated heterocycles. The fraction of sp³-hybridized carbons (Fsp3) is 0.296. The molecule has 0 aliphatic heterocycles. The number of anilines is 1.